The van der Waals surface area contributed by atoms with Crippen LogP contribution in [-0.4, -0.2) is 0 Å². The van der Waals surface area contributed by atoms with Gasteiger partial charge in [0.15, 0.2) is 0 Å². The fourth-order valence-corrected chi connectivity index (χ4v) is 1.07. The molecule has 0 aromatic heterocycles. The quantitative estimate of drug-likeness (QED) is 0.288. The van der Waals surface area contributed by atoms with Crippen LogP contribution in [0, 0.1) is 0 Å². The highest BCUT2D eigenvalue weighted by molar-refractivity contribution is 4.65. The third-order valence-corrected chi connectivity index (χ3v) is 1.76. The Kier molecular flexibility index (Phi) is 8.51. The number of hydrogen-bond acceptors (Lipinski definition) is 0. The Labute approximate surface area is 65.3 Å². The molecule has 0 unspecified atom stereocenters. The third kappa shape index (κ3) is 7.74. The highest BCUT2D eigenvalue weighted by atomic mass is 14.4. The molecule has 0 heteroatoms. The number of hydrogen-bond donors (Lipinski definition) is 0. The lowest BCUT2D eigenvalue weighted by molar-refractivity contribution is 0.611. The van der Waals surface area contributed by atoms with Crippen molar-refractivity contribution in [3.8, 4) is 0 Å². The second kappa shape index (κ2) is 8.74. The molecule has 0 aromatic rings. The van der Waals surface area contributed by atoms with E-state index in [0.717, 1.165) is 0 Å². The molecule has 0 aliphatic carbocycles. The second-order valence-corrected chi connectivity index (χ2v) is 2.85. The summed E-state index contributed by atoms with van der Waals surface area (Å²) in [4.78, 5) is 0. The molecule has 0 nitrogen and oxygen atoms in total. The zero-order valence-corrected chi connectivity index (χ0v) is 7.23. The standard InChI is InChI=1S/C10H20/c1-3-5-7-9-10-8-6-4-2/h3H,1,4-10H2,2H3/i1+1,3+1,5+1. The van der Waals surface area contributed by atoms with Gasteiger partial charge in [-0.15, -0.1) is 6.58 Å². The lowest BCUT2D eigenvalue weighted by atomic mass is 10.1. The molecule has 0 saturated heterocycles. The maximum atomic E-state index is 3.69. The number of rotatable bonds is 7. The van der Waals surface area contributed by atoms with Gasteiger partial charge in [0, 0.05) is 0 Å². The molecule has 0 saturated carbocycles. The molecule has 0 radical (unpaired) electrons. The van der Waals surface area contributed by atoms with Crippen molar-refractivity contribution in [3.05, 3.63) is 12.7 Å². The Bertz CT molecular complexity index is 64.4. The van der Waals surface area contributed by atoms with Crippen LogP contribution in [0.25, 0.3) is 0 Å². The molecule has 0 N–H and O–H groups in total. The van der Waals surface area contributed by atoms with Crippen molar-refractivity contribution in [2.75, 3.05) is 0 Å². The molecule has 0 fully saturated rings. The molecule has 0 atom stereocenters. The minimum Gasteiger partial charge on any atom is -0.103 e. The molecule has 0 amide bonds. The van der Waals surface area contributed by atoms with Gasteiger partial charge < -0.3 is 0 Å². The van der Waals surface area contributed by atoms with Crippen molar-refractivity contribution >= 4 is 0 Å². The smallest absolute Gasteiger partial charge is 0.0353 e. The van der Waals surface area contributed by atoms with E-state index in [1.807, 2.05) is 6.08 Å². The lowest BCUT2D eigenvalue weighted by Crippen LogP contribution is -1.76. The van der Waals surface area contributed by atoms with Crippen molar-refractivity contribution in [3.63, 3.8) is 0 Å². The molecular formula is C10H20. The number of allylic oxidation sites excluding steroid dienone is 1. The average molecular weight is 143 g/mol. The largest absolute Gasteiger partial charge is 0.103 e. The Balaban J connectivity index is 2.70. The summed E-state index contributed by atoms with van der Waals surface area (Å²) in [6.45, 7) is 5.95. The maximum absolute atomic E-state index is 3.69. The Morgan fingerprint density at radius 1 is 1.00 bits per heavy atom. The molecule has 0 bridgehead atoms. The molecule has 10 heavy (non-hydrogen) atoms. The van der Waals surface area contributed by atoms with Crippen molar-refractivity contribution in [1.82, 2.24) is 0 Å². The molecular weight excluding hydrogens is 123 g/mol. The highest BCUT2D eigenvalue weighted by Crippen LogP contribution is 2.06. The van der Waals surface area contributed by atoms with Crippen LogP contribution in [0.15, 0.2) is 12.7 Å². The van der Waals surface area contributed by atoms with E-state index in [4.69, 9.17) is 0 Å². The summed E-state index contributed by atoms with van der Waals surface area (Å²) >= 11 is 0. The number of unbranched alkanes of at least 4 members (excludes halogenated alkanes) is 6. The van der Waals surface area contributed by atoms with E-state index >= 15 is 0 Å². The summed E-state index contributed by atoms with van der Waals surface area (Å²) in [5.74, 6) is 0. The van der Waals surface area contributed by atoms with E-state index in [2.05, 4.69) is 13.5 Å². The first kappa shape index (κ1) is 9.74. The van der Waals surface area contributed by atoms with Crippen LogP contribution >= 0.6 is 0 Å². The molecule has 0 rings (SSSR count). The molecule has 60 valence electrons. The summed E-state index contributed by atoms with van der Waals surface area (Å²) in [5, 5.41) is 0. The van der Waals surface area contributed by atoms with Gasteiger partial charge >= 0.3 is 0 Å². The fourth-order valence-electron chi connectivity index (χ4n) is 1.07. The summed E-state index contributed by atoms with van der Waals surface area (Å²) in [7, 11) is 0. The van der Waals surface area contributed by atoms with Crippen LogP contribution in [0.1, 0.15) is 51.9 Å². The first-order valence-electron chi connectivity index (χ1n) is 4.52. The molecule has 0 aliphatic heterocycles. The van der Waals surface area contributed by atoms with Crippen molar-refractivity contribution in [1.29, 1.82) is 0 Å². The van der Waals surface area contributed by atoms with E-state index in [1.54, 1.807) is 0 Å². The van der Waals surface area contributed by atoms with Gasteiger partial charge in [0.1, 0.15) is 0 Å². The van der Waals surface area contributed by atoms with Gasteiger partial charge in [0.05, 0.1) is 0 Å². The van der Waals surface area contributed by atoms with Gasteiger partial charge in [-0.2, -0.15) is 0 Å². The Morgan fingerprint density at radius 2 is 1.60 bits per heavy atom. The summed E-state index contributed by atoms with van der Waals surface area (Å²) in [5.41, 5.74) is 0. The van der Waals surface area contributed by atoms with Gasteiger partial charge in [0.2, 0.25) is 0 Å². The maximum Gasteiger partial charge on any atom is -0.0353 e. The van der Waals surface area contributed by atoms with Crippen LogP contribution in [0.3, 0.4) is 0 Å². The molecule has 0 aliphatic rings. The van der Waals surface area contributed by atoms with E-state index in [0.29, 0.717) is 0 Å². The molecule has 0 heterocycles. The molecule has 0 aromatic carbocycles. The Hall–Kier alpha value is -0.260. The zero-order chi connectivity index (χ0) is 7.66. The topological polar surface area (TPSA) is 0 Å². The summed E-state index contributed by atoms with van der Waals surface area (Å²) < 4.78 is 0. The van der Waals surface area contributed by atoms with Crippen LogP contribution in [0.4, 0.5) is 0 Å². The van der Waals surface area contributed by atoms with Crippen LogP contribution < -0.4 is 0 Å². The lowest BCUT2D eigenvalue weighted by Gasteiger charge is -1.96. The van der Waals surface area contributed by atoms with Crippen LogP contribution in [0.2, 0.25) is 0 Å². The van der Waals surface area contributed by atoms with Gasteiger partial charge in [-0.05, 0) is 12.8 Å². The predicted molar refractivity (Wildman–Crippen MR) is 48.2 cm³/mol. The van der Waals surface area contributed by atoms with E-state index in [1.165, 1.54) is 44.9 Å². The first-order chi connectivity index (χ1) is 4.91. The predicted octanol–water partition coefficient (Wildman–Crippen LogP) is 3.92. The van der Waals surface area contributed by atoms with Crippen molar-refractivity contribution in [2.24, 2.45) is 0 Å². The van der Waals surface area contributed by atoms with Crippen molar-refractivity contribution in [2.45, 2.75) is 51.9 Å². The van der Waals surface area contributed by atoms with E-state index in [-0.39, 0.29) is 0 Å². The Morgan fingerprint density at radius 3 is 2.20 bits per heavy atom. The van der Waals surface area contributed by atoms with E-state index < -0.39 is 0 Å². The van der Waals surface area contributed by atoms with Gasteiger partial charge in [-0.25, -0.2) is 0 Å². The molecule has 0 spiro atoms. The summed E-state index contributed by atoms with van der Waals surface area (Å²) in [6.07, 6.45) is 11.6. The van der Waals surface area contributed by atoms with Gasteiger partial charge in [-0.3, -0.25) is 0 Å². The summed E-state index contributed by atoms with van der Waals surface area (Å²) in [6, 6.07) is 0. The van der Waals surface area contributed by atoms with Crippen molar-refractivity contribution < 1.29 is 0 Å². The zero-order valence-electron chi connectivity index (χ0n) is 7.23. The second-order valence-electron chi connectivity index (χ2n) is 2.85. The first-order valence-corrected chi connectivity index (χ1v) is 4.52. The third-order valence-electron chi connectivity index (χ3n) is 1.76. The minimum absolute atomic E-state index is 1.20. The van der Waals surface area contributed by atoms with Crippen LogP contribution in [0.5, 0.6) is 0 Å². The normalized spacial score (nSPS) is 9.70. The highest BCUT2D eigenvalue weighted by Gasteiger charge is 1.86. The average Bonchev–Trinajstić information content (AvgIpc) is 1.97. The van der Waals surface area contributed by atoms with Gasteiger partial charge in [-0.1, -0.05) is 45.1 Å². The van der Waals surface area contributed by atoms with Gasteiger partial charge in [0.25, 0.3) is 0 Å². The fraction of sp³-hybridized carbons (Fsp3) is 0.800. The SMILES string of the molecule is CCCCCCC[13CH2][13CH]=[13CH2]. The minimum atomic E-state index is 1.20. The van der Waals surface area contributed by atoms with E-state index in [9.17, 15) is 0 Å². The van der Waals surface area contributed by atoms with Crippen LogP contribution in [-0.2, 0) is 0 Å². The monoisotopic (exact) mass is 143 g/mol.